The minimum Gasteiger partial charge on any atom is -0.481 e. The van der Waals surface area contributed by atoms with Crippen molar-refractivity contribution in [2.75, 3.05) is 19.6 Å². The molecule has 2 rings (SSSR count). The number of carbonyl (C=O) groups excluding carboxylic acids is 2. The Balaban J connectivity index is 1.79. The molecule has 6 nitrogen and oxygen atoms in total. The third-order valence-corrected chi connectivity index (χ3v) is 3.99. The standard InChI is InChI=1S/C16H20N2O4/c1-16(15(21)22)7-8-18(11-16)14(20)10-17-13(19)9-12-5-3-2-4-6-12/h2-6H,7-11H2,1H3,(H,17,19)(H,21,22). The Morgan fingerprint density at radius 1 is 1.27 bits per heavy atom. The number of benzene rings is 1. The molecule has 1 aromatic rings. The van der Waals surface area contributed by atoms with Crippen LogP contribution in [0.25, 0.3) is 0 Å². The number of rotatable bonds is 5. The van der Waals surface area contributed by atoms with Gasteiger partial charge in [-0.1, -0.05) is 30.3 Å². The second kappa shape index (κ2) is 6.60. The molecule has 1 aliphatic heterocycles. The van der Waals surface area contributed by atoms with Crippen molar-refractivity contribution in [3.63, 3.8) is 0 Å². The van der Waals surface area contributed by atoms with Crippen molar-refractivity contribution in [1.29, 1.82) is 0 Å². The summed E-state index contributed by atoms with van der Waals surface area (Å²) in [5.74, 6) is -1.36. The van der Waals surface area contributed by atoms with Crippen LogP contribution in [0.4, 0.5) is 0 Å². The number of carboxylic acid groups (broad SMARTS) is 1. The van der Waals surface area contributed by atoms with Crippen molar-refractivity contribution in [3.8, 4) is 0 Å². The van der Waals surface area contributed by atoms with E-state index in [1.165, 1.54) is 4.90 Å². The van der Waals surface area contributed by atoms with Crippen LogP contribution in [0.3, 0.4) is 0 Å². The van der Waals surface area contributed by atoms with Gasteiger partial charge < -0.3 is 15.3 Å². The zero-order chi connectivity index (χ0) is 16.2. The second-order valence-corrected chi connectivity index (χ2v) is 5.87. The molecule has 1 saturated heterocycles. The second-order valence-electron chi connectivity index (χ2n) is 5.87. The van der Waals surface area contributed by atoms with Crippen LogP contribution in [-0.4, -0.2) is 47.4 Å². The zero-order valence-electron chi connectivity index (χ0n) is 12.5. The zero-order valence-corrected chi connectivity index (χ0v) is 12.5. The minimum atomic E-state index is -0.893. The predicted octanol–water partition coefficient (Wildman–Crippen LogP) is 0.669. The van der Waals surface area contributed by atoms with Gasteiger partial charge in [-0.15, -0.1) is 0 Å². The molecule has 6 heteroatoms. The van der Waals surface area contributed by atoms with E-state index in [0.29, 0.717) is 13.0 Å². The van der Waals surface area contributed by atoms with E-state index in [1.54, 1.807) is 6.92 Å². The van der Waals surface area contributed by atoms with Crippen molar-refractivity contribution in [3.05, 3.63) is 35.9 Å². The molecule has 1 unspecified atom stereocenters. The quantitative estimate of drug-likeness (QED) is 0.837. The number of nitrogens with one attached hydrogen (secondary N) is 1. The maximum atomic E-state index is 12.0. The summed E-state index contributed by atoms with van der Waals surface area (Å²) in [7, 11) is 0. The van der Waals surface area contributed by atoms with Gasteiger partial charge >= 0.3 is 5.97 Å². The SMILES string of the molecule is CC1(C(=O)O)CCN(C(=O)CNC(=O)Cc2ccccc2)C1. The normalized spacial score (nSPS) is 20.7. The first kappa shape index (κ1) is 16.0. The fourth-order valence-corrected chi connectivity index (χ4v) is 2.48. The van der Waals surface area contributed by atoms with Gasteiger partial charge in [-0.05, 0) is 18.9 Å². The van der Waals surface area contributed by atoms with E-state index in [-0.39, 0.29) is 31.3 Å². The Bertz CT molecular complexity index is 573. The highest BCUT2D eigenvalue weighted by Gasteiger charge is 2.41. The number of aliphatic carboxylic acids is 1. The highest BCUT2D eigenvalue weighted by molar-refractivity contribution is 5.86. The number of likely N-dealkylation sites (tertiary alicyclic amines) is 1. The Kier molecular flexibility index (Phi) is 4.80. The topological polar surface area (TPSA) is 86.7 Å². The number of hydrogen-bond donors (Lipinski definition) is 2. The van der Waals surface area contributed by atoms with E-state index >= 15 is 0 Å². The van der Waals surface area contributed by atoms with Crippen LogP contribution in [0, 0.1) is 5.41 Å². The Morgan fingerprint density at radius 2 is 1.95 bits per heavy atom. The lowest BCUT2D eigenvalue weighted by atomic mass is 9.90. The number of carboxylic acids is 1. The number of nitrogens with zero attached hydrogens (tertiary/aromatic N) is 1. The summed E-state index contributed by atoms with van der Waals surface area (Å²) in [6.45, 7) is 2.14. The summed E-state index contributed by atoms with van der Waals surface area (Å²) < 4.78 is 0. The van der Waals surface area contributed by atoms with Gasteiger partial charge in [0.05, 0.1) is 18.4 Å². The lowest BCUT2D eigenvalue weighted by molar-refractivity contribution is -0.147. The molecule has 1 fully saturated rings. The maximum Gasteiger partial charge on any atom is 0.311 e. The van der Waals surface area contributed by atoms with Crippen LogP contribution < -0.4 is 5.32 Å². The summed E-state index contributed by atoms with van der Waals surface area (Å²) in [4.78, 5) is 36.5. The Hall–Kier alpha value is -2.37. The third kappa shape index (κ3) is 3.84. The number of hydrogen-bond acceptors (Lipinski definition) is 3. The summed E-state index contributed by atoms with van der Waals surface area (Å²) in [5.41, 5.74) is -0.00366. The smallest absolute Gasteiger partial charge is 0.311 e. The molecule has 1 heterocycles. The minimum absolute atomic E-state index is 0.0959. The molecular formula is C16H20N2O4. The van der Waals surface area contributed by atoms with E-state index in [0.717, 1.165) is 5.56 Å². The molecule has 118 valence electrons. The van der Waals surface area contributed by atoms with Crippen molar-refractivity contribution in [2.24, 2.45) is 5.41 Å². The monoisotopic (exact) mass is 304 g/mol. The fraction of sp³-hybridized carbons (Fsp3) is 0.438. The summed E-state index contributed by atoms with van der Waals surface area (Å²) >= 11 is 0. The molecule has 0 saturated carbocycles. The van der Waals surface area contributed by atoms with E-state index in [1.807, 2.05) is 30.3 Å². The maximum absolute atomic E-state index is 12.0. The van der Waals surface area contributed by atoms with Gasteiger partial charge in [0.2, 0.25) is 11.8 Å². The highest BCUT2D eigenvalue weighted by atomic mass is 16.4. The molecule has 0 spiro atoms. The fourth-order valence-electron chi connectivity index (χ4n) is 2.48. The van der Waals surface area contributed by atoms with Crippen molar-refractivity contribution in [1.82, 2.24) is 10.2 Å². The van der Waals surface area contributed by atoms with Gasteiger partial charge in [-0.3, -0.25) is 14.4 Å². The van der Waals surface area contributed by atoms with Gasteiger partial charge in [0.15, 0.2) is 0 Å². The van der Waals surface area contributed by atoms with Gasteiger partial charge in [0.1, 0.15) is 0 Å². The molecule has 22 heavy (non-hydrogen) atoms. The third-order valence-electron chi connectivity index (χ3n) is 3.99. The molecule has 0 aromatic heterocycles. The average Bonchev–Trinajstić information content (AvgIpc) is 2.90. The largest absolute Gasteiger partial charge is 0.481 e. The van der Waals surface area contributed by atoms with E-state index in [4.69, 9.17) is 5.11 Å². The van der Waals surface area contributed by atoms with Crippen LogP contribution in [-0.2, 0) is 20.8 Å². The summed E-state index contributed by atoms with van der Waals surface area (Å²) in [5, 5.41) is 11.7. The first-order valence-corrected chi connectivity index (χ1v) is 7.22. The van der Waals surface area contributed by atoms with Crippen molar-refractivity contribution in [2.45, 2.75) is 19.8 Å². The van der Waals surface area contributed by atoms with E-state index in [2.05, 4.69) is 5.32 Å². The van der Waals surface area contributed by atoms with Crippen molar-refractivity contribution >= 4 is 17.8 Å². The van der Waals surface area contributed by atoms with Gasteiger partial charge in [0.25, 0.3) is 0 Å². The Labute approximate surface area is 129 Å². The lowest BCUT2D eigenvalue weighted by Crippen LogP contribution is -2.41. The average molecular weight is 304 g/mol. The molecule has 0 bridgehead atoms. The summed E-state index contributed by atoms with van der Waals surface area (Å²) in [6, 6.07) is 9.27. The Morgan fingerprint density at radius 3 is 2.55 bits per heavy atom. The van der Waals surface area contributed by atoms with Crippen LogP contribution >= 0.6 is 0 Å². The molecule has 1 atom stereocenters. The van der Waals surface area contributed by atoms with Gasteiger partial charge in [-0.25, -0.2) is 0 Å². The van der Waals surface area contributed by atoms with Gasteiger partial charge in [-0.2, -0.15) is 0 Å². The van der Waals surface area contributed by atoms with E-state index in [9.17, 15) is 14.4 Å². The molecule has 2 N–H and O–H groups in total. The first-order valence-electron chi connectivity index (χ1n) is 7.22. The molecule has 0 aliphatic carbocycles. The number of carbonyl (C=O) groups is 3. The van der Waals surface area contributed by atoms with Gasteiger partial charge in [0, 0.05) is 13.1 Å². The van der Waals surface area contributed by atoms with Crippen molar-refractivity contribution < 1.29 is 19.5 Å². The highest BCUT2D eigenvalue weighted by Crippen LogP contribution is 2.29. The van der Waals surface area contributed by atoms with Crippen LogP contribution in [0.15, 0.2) is 30.3 Å². The molecular weight excluding hydrogens is 284 g/mol. The number of amides is 2. The van der Waals surface area contributed by atoms with Crippen LogP contribution in [0.2, 0.25) is 0 Å². The molecule has 1 aromatic carbocycles. The summed E-state index contributed by atoms with van der Waals surface area (Å²) in [6.07, 6.45) is 0.660. The predicted molar refractivity (Wildman–Crippen MR) is 80.1 cm³/mol. The molecule has 2 amide bonds. The molecule has 0 radical (unpaired) electrons. The lowest BCUT2D eigenvalue weighted by Gasteiger charge is -2.20. The van der Waals surface area contributed by atoms with Crippen LogP contribution in [0.5, 0.6) is 0 Å². The van der Waals surface area contributed by atoms with E-state index < -0.39 is 11.4 Å². The first-order chi connectivity index (χ1) is 10.4. The van der Waals surface area contributed by atoms with Crippen LogP contribution in [0.1, 0.15) is 18.9 Å². The molecule has 1 aliphatic rings.